The SMILES string of the molecule is O=[PH](O)O[C@@H]1[C@@H](CO)OC(n2cnc3c(NC/C=C/CNc4ncnc5c4ncn5[C@@H]4OC(CO)[C@@H](O[PH](=O)O)[C@H]4F)ncnc32)[C@@H]1F. The molecule has 48 heavy (non-hydrogen) atoms. The van der Waals surface area contributed by atoms with Crippen molar-refractivity contribution in [2.75, 3.05) is 36.9 Å². The smallest absolute Gasteiger partial charge is 0.317 e. The van der Waals surface area contributed by atoms with Crippen LogP contribution in [0.15, 0.2) is 37.5 Å². The largest absolute Gasteiger partial charge is 0.394 e. The Labute approximate surface area is 269 Å². The Kier molecular flexibility index (Phi) is 10.7. The summed E-state index contributed by atoms with van der Waals surface area (Å²) in [4.78, 5) is 43.5. The van der Waals surface area contributed by atoms with Crippen LogP contribution in [0, 0.1) is 0 Å². The molecule has 24 heteroatoms. The number of nitrogens with one attached hydrogen (secondary N) is 2. The van der Waals surface area contributed by atoms with Gasteiger partial charge in [-0.1, -0.05) is 12.2 Å². The van der Waals surface area contributed by atoms with Crippen molar-refractivity contribution in [1.29, 1.82) is 0 Å². The molecule has 0 spiro atoms. The topological polar surface area (TPSA) is 263 Å². The van der Waals surface area contributed by atoms with Crippen LogP contribution in [-0.4, -0.2) is 122 Å². The first kappa shape index (κ1) is 34.3. The van der Waals surface area contributed by atoms with E-state index in [-0.39, 0.29) is 11.3 Å². The summed E-state index contributed by atoms with van der Waals surface area (Å²) in [5.74, 6) is 0.671. The van der Waals surface area contributed by atoms with Crippen molar-refractivity contribution in [2.45, 2.75) is 49.2 Å². The Balaban J connectivity index is 1.07. The van der Waals surface area contributed by atoms with E-state index in [0.717, 1.165) is 0 Å². The summed E-state index contributed by atoms with van der Waals surface area (Å²) in [6, 6.07) is 0. The molecule has 2 aliphatic heterocycles. The van der Waals surface area contributed by atoms with E-state index in [4.69, 9.17) is 28.3 Å². The van der Waals surface area contributed by atoms with Crippen LogP contribution in [0.1, 0.15) is 12.5 Å². The molecular formula is C24H30F2N10O10P2. The Hall–Kier alpha value is -3.56. The number of nitrogens with zero attached hydrogens (tertiary/aromatic N) is 8. The lowest BCUT2D eigenvalue weighted by Gasteiger charge is -2.16. The van der Waals surface area contributed by atoms with Crippen LogP contribution in [0.25, 0.3) is 22.3 Å². The first-order valence-electron chi connectivity index (χ1n) is 14.3. The lowest BCUT2D eigenvalue weighted by atomic mass is 10.1. The van der Waals surface area contributed by atoms with Crippen molar-refractivity contribution in [3.63, 3.8) is 0 Å². The third kappa shape index (κ3) is 6.81. The van der Waals surface area contributed by atoms with E-state index in [1.807, 2.05) is 0 Å². The van der Waals surface area contributed by atoms with Crippen molar-refractivity contribution in [1.82, 2.24) is 39.0 Å². The predicted octanol–water partition coefficient (Wildman–Crippen LogP) is 0.0362. The molecule has 0 bridgehead atoms. The second kappa shape index (κ2) is 14.9. The molecule has 2 saturated heterocycles. The Morgan fingerprint density at radius 1 is 0.750 bits per heavy atom. The number of rotatable bonds is 14. The molecule has 10 atom stereocenters. The first-order valence-corrected chi connectivity index (χ1v) is 16.8. The average Bonchev–Trinajstić information content (AvgIpc) is 3.83. The molecule has 4 unspecified atom stereocenters. The number of aromatic nitrogens is 8. The molecule has 0 aromatic carbocycles. The fourth-order valence-electron chi connectivity index (χ4n) is 5.46. The summed E-state index contributed by atoms with van der Waals surface area (Å²) in [5, 5.41) is 25.2. The average molecular weight is 719 g/mol. The zero-order valence-corrected chi connectivity index (χ0v) is 26.5. The minimum atomic E-state index is -3.49. The van der Waals surface area contributed by atoms with Gasteiger partial charge in [-0.2, -0.15) is 0 Å². The fourth-order valence-corrected chi connectivity index (χ4v) is 6.49. The number of fused-ring (bicyclic) bond motifs is 2. The highest BCUT2D eigenvalue weighted by Crippen LogP contribution is 2.40. The molecule has 260 valence electrons. The molecule has 0 radical (unpaired) electrons. The van der Waals surface area contributed by atoms with Crippen LogP contribution in [0.3, 0.4) is 0 Å². The minimum Gasteiger partial charge on any atom is -0.394 e. The van der Waals surface area contributed by atoms with Crippen molar-refractivity contribution < 1.29 is 56.4 Å². The Morgan fingerprint density at radius 2 is 1.17 bits per heavy atom. The number of imidazole rings is 2. The molecule has 6 rings (SSSR count). The van der Waals surface area contributed by atoms with Crippen LogP contribution in [0.4, 0.5) is 20.4 Å². The van der Waals surface area contributed by atoms with Crippen molar-refractivity contribution in [3.05, 3.63) is 37.5 Å². The van der Waals surface area contributed by atoms with Crippen LogP contribution in [0.5, 0.6) is 0 Å². The minimum absolute atomic E-state index is 0.216. The standard InChI is InChI=1S/C24H30F2N10O10P2/c25-13-17(45-47(39)40)11(5-37)43-23(13)35-9-33-15-19(29-7-31-21(15)35)27-3-1-2-4-28-20-16-22(32-8-30-20)36(10-34-16)24-14(26)18(46-48(41)42)12(6-38)44-24/h1-2,7-14,17-18,23-24,37-38,47-48H,3-6H2,(H,39,40)(H,41,42)(H,27,29,31)(H,28,30,32)/b2-1+/t11-,12?,13-,14-,17-,18-,23?,24-/m1/s1. The third-order valence-electron chi connectivity index (χ3n) is 7.57. The molecule has 6 heterocycles. The number of alkyl halides is 2. The number of anilines is 2. The summed E-state index contributed by atoms with van der Waals surface area (Å²) in [6.45, 7) is -0.682. The van der Waals surface area contributed by atoms with Crippen LogP contribution in [0.2, 0.25) is 0 Å². The molecule has 2 fully saturated rings. The third-order valence-corrected chi connectivity index (χ3v) is 8.52. The van der Waals surface area contributed by atoms with Gasteiger partial charge in [-0.15, -0.1) is 0 Å². The van der Waals surface area contributed by atoms with Crippen LogP contribution < -0.4 is 10.6 Å². The number of aliphatic hydroxyl groups excluding tert-OH is 2. The molecule has 0 saturated carbocycles. The summed E-state index contributed by atoms with van der Waals surface area (Å²) < 4.78 is 75.8. The molecule has 2 aliphatic rings. The van der Waals surface area contributed by atoms with Gasteiger partial charge in [0.25, 0.3) is 0 Å². The van der Waals surface area contributed by atoms with E-state index >= 15 is 8.78 Å². The van der Waals surface area contributed by atoms with E-state index < -0.39 is 78.9 Å². The van der Waals surface area contributed by atoms with E-state index in [1.165, 1.54) is 34.4 Å². The first-order chi connectivity index (χ1) is 23.2. The monoisotopic (exact) mass is 718 g/mol. The predicted molar refractivity (Wildman–Crippen MR) is 161 cm³/mol. The normalized spacial score (nSPS) is 28.9. The van der Waals surface area contributed by atoms with Gasteiger partial charge >= 0.3 is 16.5 Å². The van der Waals surface area contributed by atoms with Gasteiger partial charge in [-0.25, -0.2) is 38.7 Å². The van der Waals surface area contributed by atoms with Crippen molar-refractivity contribution >= 4 is 50.5 Å². The van der Waals surface area contributed by atoms with Gasteiger partial charge in [0.15, 0.2) is 58.8 Å². The Bertz CT molecular complexity index is 1690. The van der Waals surface area contributed by atoms with Crippen LogP contribution >= 0.6 is 16.5 Å². The summed E-state index contributed by atoms with van der Waals surface area (Å²) in [5.41, 5.74) is 1.03. The second-order valence-electron chi connectivity index (χ2n) is 10.4. The molecule has 4 aromatic heterocycles. The van der Waals surface area contributed by atoms with Gasteiger partial charge in [0.1, 0.15) is 37.1 Å². The Morgan fingerprint density at radius 3 is 1.54 bits per heavy atom. The zero-order chi connectivity index (χ0) is 33.9. The van der Waals surface area contributed by atoms with Gasteiger partial charge in [0.2, 0.25) is 0 Å². The highest BCUT2D eigenvalue weighted by atomic mass is 31.1. The highest BCUT2D eigenvalue weighted by Gasteiger charge is 2.49. The zero-order valence-electron chi connectivity index (χ0n) is 24.5. The molecular weight excluding hydrogens is 688 g/mol. The van der Waals surface area contributed by atoms with Gasteiger partial charge in [0, 0.05) is 13.1 Å². The maximum Gasteiger partial charge on any atom is 0.317 e. The van der Waals surface area contributed by atoms with E-state index in [1.54, 1.807) is 12.2 Å². The quantitative estimate of drug-likeness (QED) is 0.0742. The molecule has 0 amide bonds. The summed E-state index contributed by atoms with van der Waals surface area (Å²) in [6.07, 6.45) is -3.08. The maximum atomic E-state index is 15.2. The molecule has 0 aliphatic carbocycles. The summed E-state index contributed by atoms with van der Waals surface area (Å²) in [7, 11) is -6.98. The lowest BCUT2D eigenvalue weighted by Crippen LogP contribution is -2.32. The fraction of sp³-hybridized carbons (Fsp3) is 0.500. The molecule has 20 nitrogen and oxygen atoms in total. The number of halogens is 2. The molecule has 4 aromatic rings. The van der Waals surface area contributed by atoms with Gasteiger partial charge in [-0.3, -0.25) is 18.3 Å². The highest BCUT2D eigenvalue weighted by molar-refractivity contribution is 7.32. The van der Waals surface area contributed by atoms with Crippen LogP contribution in [-0.2, 0) is 27.7 Å². The van der Waals surface area contributed by atoms with E-state index in [2.05, 4.69) is 40.5 Å². The maximum absolute atomic E-state index is 15.2. The number of hydrogen-bond donors (Lipinski definition) is 6. The number of hydrogen-bond acceptors (Lipinski definition) is 16. The van der Waals surface area contributed by atoms with Crippen molar-refractivity contribution in [3.8, 4) is 0 Å². The lowest BCUT2D eigenvalue weighted by molar-refractivity contribution is -0.0436. The number of aliphatic hydroxyl groups is 2. The van der Waals surface area contributed by atoms with Gasteiger partial charge < -0.3 is 49.2 Å². The van der Waals surface area contributed by atoms with Gasteiger partial charge in [0.05, 0.1) is 25.9 Å². The van der Waals surface area contributed by atoms with E-state index in [0.29, 0.717) is 35.8 Å². The number of ether oxygens (including phenoxy) is 2. The van der Waals surface area contributed by atoms with E-state index in [9.17, 15) is 19.3 Å². The van der Waals surface area contributed by atoms with Crippen molar-refractivity contribution in [2.24, 2.45) is 0 Å². The summed E-state index contributed by atoms with van der Waals surface area (Å²) >= 11 is 0. The second-order valence-corrected chi connectivity index (χ2v) is 11.9. The van der Waals surface area contributed by atoms with Gasteiger partial charge in [-0.05, 0) is 0 Å². The molecule has 6 N–H and O–H groups in total.